The van der Waals surface area contributed by atoms with E-state index in [1.165, 1.54) is 0 Å². The molecule has 1 heterocycles. The van der Waals surface area contributed by atoms with Crippen molar-refractivity contribution in [1.29, 1.82) is 0 Å². The monoisotopic (exact) mass is 184 g/mol. The second-order valence-electron chi connectivity index (χ2n) is 3.89. The molecule has 0 bridgehead atoms. The van der Waals surface area contributed by atoms with Gasteiger partial charge in [0.25, 0.3) is 0 Å². The van der Waals surface area contributed by atoms with E-state index in [-0.39, 0.29) is 23.9 Å². The maximum atomic E-state index is 11.5. The van der Waals surface area contributed by atoms with Crippen LogP contribution in [0.25, 0.3) is 0 Å². The van der Waals surface area contributed by atoms with Gasteiger partial charge >= 0.3 is 0 Å². The Morgan fingerprint density at radius 1 is 1.62 bits per heavy atom. The number of carbonyl (C=O) groups excluding carboxylic acids is 1. The number of hydrogen-bond donors (Lipinski definition) is 2. The molecule has 0 saturated carbocycles. The molecule has 1 fully saturated rings. The first-order chi connectivity index (χ1) is 6.11. The zero-order valence-corrected chi connectivity index (χ0v) is 8.29. The fraction of sp³-hybridized carbons (Fsp3) is 0.889. The first-order valence-corrected chi connectivity index (χ1v) is 4.80. The Balaban J connectivity index is 2.31. The quantitative estimate of drug-likeness (QED) is 0.618. The van der Waals surface area contributed by atoms with Crippen LogP contribution < -0.4 is 16.4 Å². The van der Waals surface area contributed by atoms with Crippen LogP contribution in [0.1, 0.15) is 20.3 Å². The molecule has 0 aromatic heterocycles. The largest absolute Gasteiger partial charge is 0.351 e. The third-order valence-corrected chi connectivity index (χ3v) is 2.35. The van der Waals surface area contributed by atoms with E-state index >= 15 is 0 Å². The average Bonchev–Trinajstić information content (AvgIpc) is 2.55. The highest BCUT2D eigenvalue weighted by Gasteiger charge is 2.22. The summed E-state index contributed by atoms with van der Waals surface area (Å²) in [5.74, 6) is 0.149. The molecule has 3 N–H and O–H groups in total. The lowest BCUT2D eigenvalue weighted by Crippen LogP contribution is -2.48. The molecule has 2 atom stereocenters. The maximum Gasteiger partial charge on any atom is 0.237 e. The van der Waals surface area contributed by atoms with Gasteiger partial charge in [0.1, 0.15) is 0 Å². The highest BCUT2D eigenvalue weighted by molar-refractivity contribution is 5.82. The Morgan fingerprint density at radius 3 is 2.77 bits per heavy atom. The second-order valence-corrected chi connectivity index (χ2v) is 3.89. The topological polar surface area (TPSA) is 69.2 Å². The molecule has 1 saturated heterocycles. The summed E-state index contributed by atoms with van der Waals surface area (Å²) in [4.78, 5) is 11.5. The number of rotatable bonds is 3. The lowest BCUT2D eigenvalue weighted by atomic mass is 10.0. The first-order valence-electron chi connectivity index (χ1n) is 4.80. The molecule has 1 aliphatic heterocycles. The summed E-state index contributed by atoms with van der Waals surface area (Å²) in [5, 5.41) is 7.07. The predicted molar refractivity (Wildman–Crippen MR) is 51.2 cm³/mol. The molecule has 1 amide bonds. The molecule has 0 aromatic rings. The van der Waals surface area contributed by atoms with Crippen LogP contribution in [0.5, 0.6) is 0 Å². The summed E-state index contributed by atoms with van der Waals surface area (Å²) in [7, 11) is 0. The number of nitrogens with two attached hydrogens (primary N) is 1. The van der Waals surface area contributed by atoms with E-state index in [4.69, 9.17) is 5.73 Å². The molecule has 1 rings (SSSR count). The zero-order valence-electron chi connectivity index (χ0n) is 8.29. The van der Waals surface area contributed by atoms with Crippen molar-refractivity contribution in [3.8, 4) is 0 Å². The van der Waals surface area contributed by atoms with Crippen LogP contribution in [0.2, 0.25) is 0 Å². The van der Waals surface area contributed by atoms with Gasteiger partial charge in [0, 0.05) is 19.1 Å². The zero-order chi connectivity index (χ0) is 9.84. The molecule has 0 aromatic carbocycles. The Bertz CT molecular complexity index is 176. The Hall–Kier alpha value is -0.610. The number of nitrogens with zero attached hydrogens (tertiary/aromatic N) is 1. The second kappa shape index (κ2) is 4.58. The molecule has 13 heavy (non-hydrogen) atoms. The van der Waals surface area contributed by atoms with E-state index in [1.54, 1.807) is 0 Å². The van der Waals surface area contributed by atoms with Gasteiger partial charge in [-0.1, -0.05) is 13.8 Å². The van der Waals surface area contributed by atoms with E-state index in [0.29, 0.717) is 0 Å². The molecule has 1 radical (unpaired) electrons. The van der Waals surface area contributed by atoms with Gasteiger partial charge in [0.2, 0.25) is 5.91 Å². The summed E-state index contributed by atoms with van der Waals surface area (Å²) in [6.45, 7) is 5.50. The van der Waals surface area contributed by atoms with Crippen LogP contribution in [-0.2, 0) is 4.79 Å². The van der Waals surface area contributed by atoms with Crippen molar-refractivity contribution in [2.45, 2.75) is 32.4 Å². The van der Waals surface area contributed by atoms with Crippen molar-refractivity contribution in [2.75, 3.05) is 13.1 Å². The van der Waals surface area contributed by atoms with E-state index in [9.17, 15) is 4.79 Å². The minimum Gasteiger partial charge on any atom is -0.351 e. The average molecular weight is 184 g/mol. The van der Waals surface area contributed by atoms with Crippen molar-refractivity contribution in [3.63, 3.8) is 0 Å². The van der Waals surface area contributed by atoms with Crippen LogP contribution in [-0.4, -0.2) is 31.1 Å². The molecule has 4 heteroatoms. The summed E-state index contributed by atoms with van der Waals surface area (Å²) in [5.41, 5.74) is 5.70. The van der Waals surface area contributed by atoms with Gasteiger partial charge in [-0.2, -0.15) is 0 Å². The van der Waals surface area contributed by atoms with Crippen molar-refractivity contribution >= 4 is 5.91 Å². The fourth-order valence-corrected chi connectivity index (χ4v) is 1.30. The lowest BCUT2D eigenvalue weighted by molar-refractivity contribution is -0.123. The number of nitrogens with one attached hydrogen (secondary N) is 1. The molecule has 0 spiro atoms. The van der Waals surface area contributed by atoms with Gasteiger partial charge in [-0.25, -0.2) is 5.32 Å². The van der Waals surface area contributed by atoms with Crippen molar-refractivity contribution in [2.24, 2.45) is 11.7 Å². The van der Waals surface area contributed by atoms with Crippen molar-refractivity contribution < 1.29 is 4.79 Å². The third-order valence-electron chi connectivity index (χ3n) is 2.35. The van der Waals surface area contributed by atoms with Crippen molar-refractivity contribution in [1.82, 2.24) is 10.6 Å². The smallest absolute Gasteiger partial charge is 0.237 e. The van der Waals surface area contributed by atoms with Gasteiger partial charge in [0.05, 0.1) is 6.04 Å². The van der Waals surface area contributed by atoms with Gasteiger partial charge in [-0.15, -0.1) is 0 Å². The summed E-state index contributed by atoms with van der Waals surface area (Å²) < 4.78 is 0. The molecular weight excluding hydrogens is 166 g/mol. The Kier molecular flexibility index (Phi) is 3.69. The lowest BCUT2D eigenvalue weighted by Gasteiger charge is -2.18. The van der Waals surface area contributed by atoms with Crippen molar-refractivity contribution in [3.05, 3.63) is 0 Å². The number of amides is 1. The Morgan fingerprint density at radius 2 is 2.31 bits per heavy atom. The van der Waals surface area contributed by atoms with E-state index < -0.39 is 0 Å². The molecule has 4 nitrogen and oxygen atoms in total. The molecule has 2 unspecified atom stereocenters. The van der Waals surface area contributed by atoms with Crippen LogP contribution in [0.3, 0.4) is 0 Å². The third kappa shape index (κ3) is 2.97. The van der Waals surface area contributed by atoms with Crippen LogP contribution in [0.4, 0.5) is 0 Å². The number of hydrogen-bond acceptors (Lipinski definition) is 2. The van der Waals surface area contributed by atoms with E-state index in [2.05, 4.69) is 10.6 Å². The van der Waals surface area contributed by atoms with Crippen LogP contribution >= 0.6 is 0 Å². The van der Waals surface area contributed by atoms with Crippen LogP contribution in [0, 0.1) is 5.92 Å². The minimum absolute atomic E-state index is 0.0444. The number of carbonyl (C=O) groups is 1. The Labute approximate surface area is 79.3 Å². The highest BCUT2D eigenvalue weighted by Crippen LogP contribution is 2.02. The molecule has 0 aliphatic carbocycles. The predicted octanol–water partition coefficient (Wildman–Crippen LogP) is -0.537. The van der Waals surface area contributed by atoms with Crippen LogP contribution in [0.15, 0.2) is 0 Å². The SMILES string of the molecule is CC(C)C(N)C(=O)NC1CC[N]C1. The summed E-state index contributed by atoms with van der Waals surface area (Å²) >= 11 is 0. The van der Waals surface area contributed by atoms with Gasteiger partial charge < -0.3 is 11.1 Å². The highest BCUT2D eigenvalue weighted by atomic mass is 16.2. The normalized spacial score (nSPS) is 24.8. The van der Waals surface area contributed by atoms with E-state index in [0.717, 1.165) is 19.5 Å². The first kappa shape index (κ1) is 10.5. The van der Waals surface area contributed by atoms with Gasteiger partial charge in [0.15, 0.2) is 0 Å². The summed E-state index contributed by atoms with van der Waals surface area (Å²) in [6.07, 6.45) is 0.955. The minimum atomic E-state index is -0.388. The molecule has 1 aliphatic rings. The van der Waals surface area contributed by atoms with Gasteiger partial charge in [-0.3, -0.25) is 4.79 Å². The van der Waals surface area contributed by atoms with E-state index in [1.807, 2.05) is 13.8 Å². The standard InChI is InChI=1S/C9H18N3O/c1-6(2)8(10)9(13)12-7-3-4-11-5-7/h6-8H,3-5,10H2,1-2H3,(H,12,13). The summed E-state index contributed by atoms with van der Waals surface area (Å²) in [6, 6.07) is -0.169. The van der Waals surface area contributed by atoms with Gasteiger partial charge in [-0.05, 0) is 12.3 Å². The molecular formula is C9H18N3O. The fourth-order valence-electron chi connectivity index (χ4n) is 1.30. The molecule has 75 valence electrons. The maximum absolute atomic E-state index is 11.5.